The Labute approximate surface area is 177 Å². The van der Waals surface area contributed by atoms with E-state index in [-0.39, 0.29) is 35.5 Å². The van der Waals surface area contributed by atoms with Gasteiger partial charge in [0.2, 0.25) is 5.88 Å². The highest BCUT2D eigenvalue weighted by molar-refractivity contribution is 5.94. The van der Waals surface area contributed by atoms with Crippen LogP contribution in [-0.2, 0) is 4.74 Å². The fraction of sp³-hybridized carbons (Fsp3) is 0.273. The van der Waals surface area contributed by atoms with Crippen molar-refractivity contribution >= 4 is 17.0 Å². The van der Waals surface area contributed by atoms with Crippen LogP contribution in [0.1, 0.15) is 26.3 Å². The predicted molar refractivity (Wildman–Crippen MR) is 109 cm³/mol. The standard InChI is InChI=1S/C22H20F2N4O3/c1-22(2,3)31-21(29)27-6-7-30-20-13(11-25)8-14(12-28-20)16-4-5-26-18-10-15(23)9-17(24)19(16)18/h4-5,8-10,12H,6-7H2,1-3H3,(H,27,29). The van der Waals surface area contributed by atoms with Gasteiger partial charge in [0.25, 0.3) is 0 Å². The summed E-state index contributed by atoms with van der Waals surface area (Å²) in [5.74, 6) is -1.42. The van der Waals surface area contributed by atoms with E-state index in [2.05, 4.69) is 15.3 Å². The number of alkyl carbamates (subject to hydrolysis) is 1. The number of nitrogens with one attached hydrogen (secondary N) is 1. The number of carbonyl (C=O) groups is 1. The molecule has 0 atom stereocenters. The second-order valence-corrected chi connectivity index (χ2v) is 7.61. The van der Waals surface area contributed by atoms with Gasteiger partial charge in [-0.15, -0.1) is 0 Å². The summed E-state index contributed by atoms with van der Waals surface area (Å²) in [5.41, 5.74) is 0.543. The molecule has 160 valence electrons. The number of nitrogens with zero attached hydrogens (tertiary/aromatic N) is 3. The minimum absolute atomic E-state index is 0.0619. The maximum atomic E-state index is 14.4. The number of hydrogen-bond donors (Lipinski definition) is 1. The molecule has 2 aromatic heterocycles. The van der Waals surface area contributed by atoms with Crippen LogP contribution >= 0.6 is 0 Å². The zero-order valence-electron chi connectivity index (χ0n) is 17.2. The monoisotopic (exact) mass is 426 g/mol. The topological polar surface area (TPSA) is 97.1 Å². The second-order valence-electron chi connectivity index (χ2n) is 7.61. The van der Waals surface area contributed by atoms with E-state index in [9.17, 15) is 18.8 Å². The van der Waals surface area contributed by atoms with Gasteiger partial charge in [-0.05, 0) is 38.5 Å². The summed E-state index contributed by atoms with van der Waals surface area (Å²) in [4.78, 5) is 19.8. The molecular weight excluding hydrogens is 406 g/mol. The van der Waals surface area contributed by atoms with Gasteiger partial charge in [-0.2, -0.15) is 5.26 Å². The summed E-state index contributed by atoms with van der Waals surface area (Å²) in [6.45, 7) is 5.47. The quantitative estimate of drug-likeness (QED) is 0.609. The van der Waals surface area contributed by atoms with Crippen molar-refractivity contribution in [3.8, 4) is 23.1 Å². The second kappa shape index (κ2) is 8.92. The molecule has 1 N–H and O–H groups in total. The number of aromatic nitrogens is 2. The van der Waals surface area contributed by atoms with Crippen LogP contribution in [0.15, 0.2) is 36.7 Å². The fourth-order valence-corrected chi connectivity index (χ4v) is 2.85. The van der Waals surface area contributed by atoms with E-state index in [1.807, 2.05) is 6.07 Å². The van der Waals surface area contributed by atoms with Crippen LogP contribution in [-0.4, -0.2) is 34.8 Å². The van der Waals surface area contributed by atoms with Crippen molar-refractivity contribution in [1.29, 1.82) is 5.26 Å². The molecule has 0 aliphatic heterocycles. The molecule has 9 heteroatoms. The van der Waals surface area contributed by atoms with E-state index in [0.29, 0.717) is 11.1 Å². The first-order valence-corrected chi connectivity index (χ1v) is 9.42. The Hall–Kier alpha value is -3.80. The molecule has 1 aromatic carbocycles. The molecule has 0 unspecified atom stereocenters. The number of amides is 1. The summed E-state index contributed by atoms with van der Waals surface area (Å²) >= 11 is 0. The highest BCUT2D eigenvalue weighted by atomic mass is 19.1. The van der Waals surface area contributed by atoms with Gasteiger partial charge in [-0.3, -0.25) is 4.98 Å². The third-order valence-corrected chi connectivity index (χ3v) is 4.05. The first-order valence-electron chi connectivity index (χ1n) is 9.42. The summed E-state index contributed by atoms with van der Waals surface area (Å²) in [6.07, 6.45) is 2.27. The SMILES string of the molecule is CC(C)(C)OC(=O)NCCOc1ncc(-c2ccnc3cc(F)cc(F)c23)cc1C#N. The first kappa shape index (κ1) is 21.9. The molecule has 0 spiro atoms. The molecule has 31 heavy (non-hydrogen) atoms. The van der Waals surface area contributed by atoms with Gasteiger partial charge in [0.15, 0.2) is 0 Å². The molecule has 7 nitrogen and oxygen atoms in total. The molecule has 1 amide bonds. The summed E-state index contributed by atoms with van der Waals surface area (Å²) in [7, 11) is 0. The Morgan fingerprint density at radius 1 is 1.23 bits per heavy atom. The van der Waals surface area contributed by atoms with Crippen molar-refractivity contribution in [1.82, 2.24) is 15.3 Å². The fourth-order valence-electron chi connectivity index (χ4n) is 2.85. The molecule has 0 saturated carbocycles. The Kier molecular flexibility index (Phi) is 6.30. The van der Waals surface area contributed by atoms with Crippen LogP contribution < -0.4 is 10.1 Å². The zero-order chi connectivity index (χ0) is 22.6. The van der Waals surface area contributed by atoms with Crippen LogP contribution in [0, 0.1) is 23.0 Å². The average Bonchev–Trinajstić information content (AvgIpc) is 2.69. The number of benzene rings is 1. The zero-order valence-corrected chi connectivity index (χ0v) is 17.2. The third-order valence-electron chi connectivity index (χ3n) is 4.05. The molecule has 0 saturated heterocycles. The molecule has 2 heterocycles. The van der Waals surface area contributed by atoms with Crippen molar-refractivity contribution in [3.05, 3.63) is 53.9 Å². The van der Waals surface area contributed by atoms with Crippen molar-refractivity contribution in [3.63, 3.8) is 0 Å². The summed E-state index contributed by atoms with van der Waals surface area (Å²) < 4.78 is 38.5. The molecule has 0 radical (unpaired) electrons. The number of nitriles is 1. The lowest BCUT2D eigenvalue weighted by Crippen LogP contribution is -2.34. The predicted octanol–water partition coefficient (Wildman–Crippen LogP) is 4.35. The lowest BCUT2D eigenvalue weighted by Gasteiger charge is -2.19. The maximum absolute atomic E-state index is 14.4. The lowest BCUT2D eigenvalue weighted by atomic mass is 10.0. The highest BCUT2D eigenvalue weighted by Gasteiger charge is 2.16. The number of ether oxygens (including phenoxy) is 2. The Bertz CT molecular complexity index is 1170. The Morgan fingerprint density at radius 2 is 2.00 bits per heavy atom. The third kappa shape index (κ3) is 5.42. The number of halogens is 2. The minimum Gasteiger partial charge on any atom is -0.475 e. The van der Waals surface area contributed by atoms with Gasteiger partial charge in [0.1, 0.15) is 35.5 Å². The number of rotatable bonds is 5. The average molecular weight is 426 g/mol. The summed E-state index contributed by atoms with van der Waals surface area (Å²) in [6, 6.07) is 6.97. The van der Waals surface area contributed by atoms with Crippen molar-refractivity contribution in [2.75, 3.05) is 13.2 Å². The largest absolute Gasteiger partial charge is 0.475 e. The van der Waals surface area contributed by atoms with E-state index in [4.69, 9.17) is 9.47 Å². The minimum atomic E-state index is -0.759. The molecule has 0 fully saturated rings. The van der Waals surface area contributed by atoms with Gasteiger partial charge in [-0.1, -0.05) is 0 Å². The van der Waals surface area contributed by atoms with Gasteiger partial charge >= 0.3 is 6.09 Å². The molecule has 3 rings (SSSR count). The van der Waals surface area contributed by atoms with Crippen molar-refractivity contribution in [2.45, 2.75) is 26.4 Å². The number of pyridine rings is 2. The van der Waals surface area contributed by atoms with Gasteiger partial charge in [0, 0.05) is 35.5 Å². The van der Waals surface area contributed by atoms with E-state index in [1.54, 1.807) is 26.8 Å². The van der Waals surface area contributed by atoms with Gasteiger partial charge in [-0.25, -0.2) is 18.6 Å². The smallest absolute Gasteiger partial charge is 0.407 e. The van der Waals surface area contributed by atoms with E-state index in [0.717, 1.165) is 12.1 Å². The van der Waals surface area contributed by atoms with Crippen molar-refractivity contribution in [2.24, 2.45) is 0 Å². The molecular formula is C22H20F2N4O3. The lowest BCUT2D eigenvalue weighted by molar-refractivity contribution is 0.0520. The molecule has 0 aliphatic carbocycles. The van der Waals surface area contributed by atoms with Crippen LogP contribution in [0.5, 0.6) is 5.88 Å². The van der Waals surface area contributed by atoms with Gasteiger partial charge in [0.05, 0.1) is 12.1 Å². The summed E-state index contributed by atoms with van der Waals surface area (Å²) in [5, 5.41) is 12.1. The number of fused-ring (bicyclic) bond motifs is 1. The van der Waals surface area contributed by atoms with Crippen LogP contribution in [0.4, 0.5) is 13.6 Å². The molecule has 0 aliphatic rings. The normalized spacial score (nSPS) is 11.1. The van der Waals surface area contributed by atoms with E-state index in [1.165, 1.54) is 18.5 Å². The van der Waals surface area contributed by atoms with E-state index >= 15 is 0 Å². The van der Waals surface area contributed by atoms with E-state index < -0.39 is 23.3 Å². The first-order chi connectivity index (χ1) is 14.7. The Balaban J connectivity index is 1.77. The Morgan fingerprint density at radius 3 is 2.71 bits per heavy atom. The van der Waals surface area contributed by atoms with Gasteiger partial charge < -0.3 is 14.8 Å². The van der Waals surface area contributed by atoms with Crippen LogP contribution in [0.2, 0.25) is 0 Å². The van der Waals surface area contributed by atoms with Crippen LogP contribution in [0.25, 0.3) is 22.0 Å². The molecule has 3 aromatic rings. The molecule has 0 bridgehead atoms. The maximum Gasteiger partial charge on any atom is 0.407 e. The van der Waals surface area contributed by atoms with Crippen molar-refractivity contribution < 1.29 is 23.0 Å². The van der Waals surface area contributed by atoms with Crippen LogP contribution in [0.3, 0.4) is 0 Å². The number of carbonyl (C=O) groups excluding carboxylic acids is 1. The number of hydrogen-bond acceptors (Lipinski definition) is 6. The highest BCUT2D eigenvalue weighted by Crippen LogP contribution is 2.31.